The van der Waals surface area contributed by atoms with Gasteiger partial charge in [-0.2, -0.15) is 0 Å². The van der Waals surface area contributed by atoms with Crippen LogP contribution in [0, 0.1) is 5.92 Å². The Morgan fingerprint density at radius 3 is 2.83 bits per heavy atom. The minimum Gasteiger partial charge on any atom is -0.370 e. The predicted octanol–water partition coefficient (Wildman–Crippen LogP) is 3.13. The van der Waals surface area contributed by atoms with Crippen LogP contribution in [0.3, 0.4) is 0 Å². The Balaban J connectivity index is 2.26. The van der Waals surface area contributed by atoms with E-state index in [1.165, 1.54) is 0 Å². The highest BCUT2D eigenvalue weighted by Crippen LogP contribution is 2.11. The van der Waals surface area contributed by atoms with Crippen molar-refractivity contribution in [1.82, 2.24) is 10.5 Å². The van der Waals surface area contributed by atoms with Gasteiger partial charge in [0.05, 0.1) is 11.8 Å². The van der Waals surface area contributed by atoms with Crippen LogP contribution in [0.1, 0.15) is 52.0 Å². The van der Waals surface area contributed by atoms with Crippen LogP contribution in [-0.2, 0) is 17.9 Å². The maximum Gasteiger partial charge on any atom is 0.162 e. The van der Waals surface area contributed by atoms with Gasteiger partial charge in [0.1, 0.15) is 6.61 Å². The Bertz CT molecular complexity index is 323. The first-order valence-corrected chi connectivity index (χ1v) is 6.88. The minimum atomic E-state index is 0.261. The van der Waals surface area contributed by atoms with Gasteiger partial charge < -0.3 is 14.6 Å². The number of hydrogen-bond donors (Lipinski definition) is 1. The molecule has 4 heteroatoms. The molecule has 1 heterocycles. The fraction of sp³-hybridized carbons (Fsp3) is 0.786. The van der Waals surface area contributed by atoms with Crippen molar-refractivity contribution < 1.29 is 9.26 Å². The first-order chi connectivity index (χ1) is 8.61. The Morgan fingerprint density at radius 2 is 2.17 bits per heavy atom. The highest BCUT2D eigenvalue weighted by atomic mass is 16.5. The molecule has 0 aliphatic rings. The van der Waals surface area contributed by atoms with Crippen molar-refractivity contribution in [3.05, 3.63) is 17.5 Å². The molecule has 0 bridgehead atoms. The lowest BCUT2D eigenvalue weighted by Crippen LogP contribution is -2.13. The molecule has 0 fully saturated rings. The van der Waals surface area contributed by atoms with Gasteiger partial charge >= 0.3 is 0 Å². The molecule has 1 rings (SSSR count). The van der Waals surface area contributed by atoms with Gasteiger partial charge in [0.15, 0.2) is 5.76 Å². The van der Waals surface area contributed by atoms with Gasteiger partial charge in [0.2, 0.25) is 0 Å². The van der Waals surface area contributed by atoms with Crippen molar-refractivity contribution in [1.29, 1.82) is 0 Å². The summed E-state index contributed by atoms with van der Waals surface area (Å²) >= 11 is 0. The van der Waals surface area contributed by atoms with E-state index in [-0.39, 0.29) is 6.10 Å². The van der Waals surface area contributed by atoms with Gasteiger partial charge in [-0.05, 0) is 32.2 Å². The van der Waals surface area contributed by atoms with Gasteiger partial charge in [-0.1, -0.05) is 25.9 Å². The average molecular weight is 254 g/mol. The van der Waals surface area contributed by atoms with Crippen LogP contribution in [0.4, 0.5) is 0 Å². The summed E-state index contributed by atoms with van der Waals surface area (Å²) in [7, 11) is 0. The monoisotopic (exact) mass is 254 g/mol. The number of rotatable bonds is 9. The van der Waals surface area contributed by atoms with Crippen LogP contribution < -0.4 is 5.32 Å². The SMILES string of the molecule is CCCNCc1cc(COC(C)CC(C)C)on1. The van der Waals surface area contributed by atoms with Crippen LogP contribution in [0.2, 0.25) is 0 Å². The number of ether oxygens (including phenoxy) is 1. The molecule has 0 radical (unpaired) electrons. The van der Waals surface area contributed by atoms with Crippen LogP contribution >= 0.6 is 0 Å². The van der Waals surface area contributed by atoms with Crippen LogP contribution in [-0.4, -0.2) is 17.8 Å². The summed E-state index contributed by atoms with van der Waals surface area (Å²) < 4.78 is 11.0. The van der Waals surface area contributed by atoms with Crippen LogP contribution in [0.15, 0.2) is 10.6 Å². The molecule has 1 aromatic heterocycles. The lowest BCUT2D eigenvalue weighted by Gasteiger charge is -2.13. The summed E-state index contributed by atoms with van der Waals surface area (Å²) in [5.41, 5.74) is 0.943. The van der Waals surface area contributed by atoms with Crippen molar-refractivity contribution >= 4 is 0 Å². The van der Waals surface area contributed by atoms with Gasteiger partial charge in [0.25, 0.3) is 0 Å². The summed E-state index contributed by atoms with van der Waals surface area (Å²) in [5, 5.41) is 7.30. The van der Waals surface area contributed by atoms with Crippen molar-refractivity contribution in [2.45, 2.75) is 59.8 Å². The Labute approximate surface area is 110 Å². The van der Waals surface area contributed by atoms with E-state index >= 15 is 0 Å². The van der Waals surface area contributed by atoms with E-state index in [0.717, 1.165) is 37.4 Å². The fourth-order valence-corrected chi connectivity index (χ4v) is 1.86. The second-order valence-corrected chi connectivity index (χ2v) is 5.21. The lowest BCUT2D eigenvalue weighted by atomic mass is 10.1. The summed E-state index contributed by atoms with van der Waals surface area (Å²) in [5.74, 6) is 1.46. The average Bonchev–Trinajstić information content (AvgIpc) is 2.74. The molecule has 0 amide bonds. The van der Waals surface area contributed by atoms with E-state index in [9.17, 15) is 0 Å². The molecular formula is C14H26N2O2. The molecule has 0 aliphatic heterocycles. The van der Waals surface area contributed by atoms with E-state index in [1.807, 2.05) is 6.07 Å². The molecule has 1 aromatic rings. The fourth-order valence-electron chi connectivity index (χ4n) is 1.86. The van der Waals surface area contributed by atoms with Gasteiger partial charge in [0, 0.05) is 12.6 Å². The highest BCUT2D eigenvalue weighted by molar-refractivity contribution is 5.04. The molecule has 4 nitrogen and oxygen atoms in total. The molecule has 0 spiro atoms. The Morgan fingerprint density at radius 1 is 1.39 bits per heavy atom. The second kappa shape index (κ2) is 8.27. The lowest BCUT2D eigenvalue weighted by molar-refractivity contribution is 0.0277. The number of nitrogens with one attached hydrogen (secondary N) is 1. The third kappa shape index (κ3) is 6.17. The third-order valence-corrected chi connectivity index (χ3v) is 2.65. The minimum absolute atomic E-state index is 0.261. The van der Waals surface area contributed by atoms with Crippen molar-refractivity contribution in [2.24, 2.45) is 5.92 Å². The number of aromatic nitrogens is 1. The number of nitrogens with zero attached hydrogens (tertiary/aromatic N) is 1. The summed E-state index contributed by atoms with van der Waals surface area (Å²) in [6.45, 7) is 10.9. The highest BCUT2D eigenvalue weighted by Gasteiger charge is 2.08. The molecule has 1 atom stereocenters. The van der Waals surface area contributed by atoms with E-state index < -0.39 is 0 Å². The summed E-state index contributed by atoms with van der Waals surface area (Å²) in [4.78, 5) is 0. The van der Waals surface area contributed by atoms with Crippen LogP contribution in [0.25, 0.3) is 0 Å². The standard InChI is InChI=1S/C14H26N2O2/c1-5-6-15-9-13-8-14(18-16-13)10-17-12(4)7-11(2)3/h8,11-12,15H,5-7,9-10H2,1-4H3. The molecule has 0 aliphatic carbocycles. The van der Waals surface area contributed by atoms with Crippen molar-refractivity contribution in [2.75, 3.05) is 6.54 Å². The molecule has 1 unspecified atom stereocenters. The Kier molecular flexibility index (Phi) is 6.98. The Hall–Kier alpha value is -0.870. The maximum atomic E-state index is 5.72. The quantitative estimate of drug-likeness (QED) is 0.688. The number of hydrogen-bond acceptors (Lipinski definition) is 4. The molecule has 0 saturated carbocycles. The zero-order valence-corrected chi connectivity index (χ0v) is 12.0. The van der Waals surface area contributed by atoms with Gasteiger partial charge in [-0.25, -0.2) is 0 Å². The summed E-state index contributed by atoms with van der Waals surface area (Å²) in [6, 6.07) is 1.96. The molecule has 0 aromatic carbocycles. The molecular weight excluding hydrogens is 228 g/mol. The van der Waals surface area contributed by atoms with E-state index in [0.29, 0.717) is 12.5 Å². The van der Waals surface area contributed by atoms with Crippen LogP contribution in [0.5, 0.6) is 0 Å². The van der Waals surface area contributed by atoms with Crippen molar-refractivity contribution in [3.63, 3.8) is 0 Å². The predicted molar refractivity (Wildman–Crippen MR) is 72.2 cm³/mol. The summed E-state index contributed by atoms with van der Waals surface area (Å²) in [6.07, 6.45) is 2.45. The maximum absolute atomic E-state index is 5.72. The van der Waals surface area contributed by atoms with Gasteiger partial charge in [-0.15, -0.1) is 0 Å². The zero-order chi connectivity index (χ0) is 13.4. The first kappa shape index (κ1) is 15.2. The normalized spacial score (nSPS) is 13.2. The van der Waals surface area contributed by atoms with Crippen molar-refractivity contribution in [3.8, 4) is 0 Å². The first-order valence-electron chi connectivity index (χ1n) is 6.88. The molecule has 1 N–H and O–H groups in total. The molecule has 18 heavy (non-hydrogen) atoms. The van der Waals surface area contributed by atoms with E-state index in [4.69, 9.17) is 9.26 Å². The second-order valence-electron chi connectivity index (χ2n) is 5.21. The zero-order valence-electron chi connectivity index (χ0n) is 12.0. The molecule has 104 valence electrons. The smallest absolute Gasteiger partial charge is 0.162 e. The largest absolute Gasteiger partial charge is 0.370 e. The third-order valence-electron chi connectivity index (χ3n) is 2.65. The van der Waals surface area contributed by atoms with E-state index in [2.05, 4.69) is 38.2 Å². The van der Waals surface area contributed by atoms with Gasteiger partial charge in [-0.3, -0.25) is 0 Å². The molecule has 0 saturated heterocycles. The topological polar surface area (TPSA) is 47.3 Å². The van der Waals surface area contributed by atoms with E-state index in [1.54, 1.807) is 0 Å².